The van der Waals surface area contributed by atoms with E-state index in [1.807, 2.05) is 0 Å². The van der Waals surface area contributed by atoms with Crippen LogP contribution in [0.4, 0.5) is 17.1 Å². The van der Waals surface area contributed by atoms with Crippen molar-refractivity contribution in [3.8, 4) is 55.6 Å². The predicted octanol–water partition coefficient (Wildman–Crippen LogP) is 17.8. The number of hydrogen-bond acceptors (Lipinski definition) is 2. The Morgan fingerprint density at radius 1 is 0.348 bits per heavy atom. The van der Waals surface area contributed by atoms with Gasteiger partial charge in [-0.25, -0.2) is 0 Å². The first-order chi connectivity index (χ1) is 32.3. The Morgan fingerprint density at radius 3 is 1.58 bits per heavy atom. The average Bonchev–Trinajstić information content (AvgIpc) is 3.95. The summed E-state index contributed by atoms with van der Waals surface area (Å²) >= 11 is 0. The number of nitrogens with zero attached hydrogens (tertiary/aromatic N) is 1. The van der Waals surface area contributed by atoms with E-state index < -0.39 is 0 Å². The molecule has 2 aliphatic carbocycles. The first-order valence-corrected chi connectivity index (χ1v) is 23.2. The number of rotatable bonds is 6. The molecule has 11 aromatic rings. The van der Waals surface area contributed by atoms with Crippen molar-refractivity contribution in [3.63, 3.8) is 0 Å². The Kier molecular flexibility index (Phi) is 8.33. The maximum absolute atomic E-state index is 6.80. The SMILES string of the molecule is CC1(C)c2ccccc2-c2ccc(-c3ccccc3N(c3ccccc3-c3cccc4c3C(C)(C)c3ccccc3-4)c3ccccc3-c3cccc4oc5c6ccccc6ccc5c34)cc21. The number of para-hydroxylation sites is 3. The molecular formula is C64H47NO. The zero-order valence-electron chi connectivity index (χ0n) is 37.6. The van der Waals surface area contributed by atoms with Crippen molar-refractivity contribution < 1.29 is 4.42 Å². The summed E-state index contributed by atoms with van der Waals surface area (Å²) in [4.78, 5) is 2.54. The van der Waals surface area contributed by atoms with E-state index in [0.29, 0.717) is 0 Å². The fourth-order valence-electron chi connectivity index (χ4n) is 11.8. The lowest BCUT2D eigenvalue weighted by molar-refractivity contribution is 0.660. The van der Waals surface area contributed by atoms with E-state index in [9.17, 15) is 0 Å². The minimum absolute atomic E-state index is 0.134. The molecule has 0 fully saturated rings. The molecule has 0 spiro atoms. The molecule has 0 bridgehead atoms. The predicted molar refractivity (Wildman–Crippen MR) is 277 cm³/mol. The highest BCUT2D eigenvalue weighted by atomic mass is 16.3. The van der Waals surface area contributed by atoms with E-state index in [4.69, 9.17) is 4.42 Å². The summed E-state index contributed by atoms with van der Waals surface area (Å²) in [5.41, 5.74) is 22.6. The van der Waals surface area contributed by atoms with Gasteiger partial charge in [0.15, 0.2) is 0 Å². The second-order valence-electron chi connectivity index (χ2n) is 19.2. The summed E-state index contributed by atoms with van der Waals surface area (Å²) in [6.07, 6.45) is 0. The minimum atomic E-state index is -0.201. The van der Waals surface area contributed by atoms with E-state index in [0.717, 1.165) is 55.5 Å². The van der Waals surface area contributed by atoms with Crippen LogP contribution in [0, 0.1) is 0 Å². The van der Waals surface area contributed by atoms with Crippen molar-refractivity contribution in [2.24, 2.45) is 0 Å². The summed E-state index contributed by atoms with van der Waals surface area (Å²) in [5.74, 6) is 0. The molecule has 0 N–H and O–H groups in total. The van der Waals surface area contributed by atoms with Gasteiger partial charge in [0.2, 0.25) is 0 Å². The standard InChI is InChI=1S/C64H47NO/c1-63(2)53-29-12-7-22-44(53)46-37-36-41(39-55(46)63)42-20-9-14-31-56(42)65(58-33-16-11-25-48(58)51-28-17-27-50-45-23-8-13-30-54(45)64(3,4)61(50)51)57-32-15-10-24-47(57)49-26-18-34-59-60(49)52-38-35-40-19-5-6-21-43(40)62(52)66-59/h5-39H,1-4H3. The number of furan rings is 1. The molecule has 0 atom stereocenters. The van der Waals surface area contributed by atoms with Crippen molar-refractivity contribution in [2.45, 2.75) is 38.5 Å². The number of hydrogen-bond donors (Lipinski definition) is 0. The van der Waals surface area contributed by atoms with Crippen LogP contribution in [0.3, 0.4) is 0 Å². The summed E-state index contributed by atoms with van der Waals surface area (Å²) < 4.78 is 6.80. The second kappa shape index (κ2) is 14.3. The Balaban J connectivity index is 1.08. The second-order valence-corrected chi connectivity index (χ2v) is 19.2. The molecule has 2 nitrogen and oxygen atoms in total. The van der Waals surface area contributed by atoms with Crippen LogP contribution in [0.15, 0.2) is 217 Å². The molecule has 10 aromatic carbocycles. The summed E-state index contributed by atoms with van der Waals surface area (Å²) in [7, 11) is 0. The van der Waals surface area contributed by atoms with Gasteiger partial charge >= 0.3 is 0 Å². The van der Waals surface area contributed by atoms with Gasteiger partial charge in [0.25, 0.3) is 0 Å². The third-order valence-corrected chi connectivity index (χ3v) is 14.9. The number of fused-ring (bicyclic) bond motifs is 11. The minimum Gasteiger partial charge on any atom is -0.455 e. The quantitative estimate of drug-likeness (QED) is 0.166. The Labute approximate surface area is 386 Å². The van der Waals surface area contributed by atoms with Crippen molar-refractivity contribution in [1.29, 1.82) is 0 Å². The third kappa shape index (κ3) is 5.48. The van der Waals surface area contributed by atoms with Gasteiger partial charge in [-0.1, -0.05) is 204 Å². The summed E-state index contributed by atoms with van der Waals surface area (Å²) in [6, 6.07) is 78.4. The van der Waals surface area contributed by atoms with Crippen molar-refractivity contribution in [2.75, 3.05) is 4.90 Å². The molecule has 0 saturated carbocycles. The number of anilines is 3. The molecule has 2 aliphatic rings. The van der Waals surface area contributed by atoms with Crippen LogP contribution >= 0.6 is 0 Å². The molecule has 1 heterocycles. The first kappa shape index (κ1) is 38.5. The lowest BCUT2D eigenvalue weighted by Gasteiger charge is -2.33. The van der Waals surface area contributed by atoms with Gasteiger partial charge in [-0.2, -0.15) is 0 Å². The fraction of sp³-hybridized carbons (Fsp3) is 0.0938. The summed E-state index contributed by atoms with van der Waals surface area (Å²) in [6.45, 7) is 9.51. The highest BCUT2D eigenvalue weighted by Gasteiger charge is 2.39. The molecule has 0 amide bonds. The maximum Gasteiger partial charge on any atom is 0.143 e. The van der Waals surface area contributed by atoms with Crippen LogP contribution in [0.25, 0.3) is 88.3 Å². The smallest absolute Gasteiger partial charge is 0.143 e. The lowest BCUT2D eigenvalue weighted by Crippen LogP contribution is -2.17. The molecule has 2 heteroatoms. The topological polar surface area (TPSA) is 16.4 Å². The van der Waals surface area contributed by atoms with Crippen LogP contribution in [0.5, 0.6) is 0 Å². The third-order valence-electron chi connectivity index (χ3n) is 14.9. The first-order valence-electron chi connectivity index (χ1n) is 23.2. The zero-order chi connectivity index (χ0) is 44.3. The zero-order valence-corrected chi connectivity index (χ0v) is 37.6. The Morgan fingerprint density at radius 2 is 0.848 bits per heavy atom. The maximum atomic E-state index is 6.80. The van der Waals surface area contributed by atoms with Crippen LogP contribution in [-0.2, 0) is 10.8 Å². The molecule has 1 aromatic heterocycles. The van der Waals surface area contributed by atoms with Gasteiger partial charge in [0.05, 0.1) is 17.1 Å². The van der Waals surface area contributed by atoms with Crippen LogP contribution in [0.1, 0.15) is 49.9 Å². The fourth-order valence-corrected chi connectivity index (χ4v) is 11.8. The molecular weight excluding hydrogens is 799 g/mol. The largest absolute Gasteiger partial charge is 0.455 e. The molecule has 314 valence electrons. The average molecular weight is 846 g/mol. The molecule has 0 radical (unpaired) electrons. The van der Waals surface area contributed by atoms with E-state index in [1.165, 1.54) is 72.1 Å². The molecule has 0 unspecified atom stereocenters. The van der Waals surface area contributed by atoms with Crippen LogP contribution < -0.4 is 4.90 Å². The van der Waals surface area contributed by atoms with Crippen LogP contribution in [0.2, 0.25) is 0 Å². The van der Waals surface area contributed by atoms with E-state index in [1.54, 1.807) is 0 Å². The van der Waals surface area contributed by atoms with Crippen molar-refractivity contribution in [3.05, 3.63) is 235 Å². The monoisotopic (exact) mass is 845 g/mol. The Bertz CT molecular complexity index is 3790. The van der Waals surface area contributed by atoms with Crippen LogP contribution in [-0.4, -0.2) is 0 Å². The Hall–Kier alpha value is -7.94. The van der Waals surface area contributed by atoms with Gasteiger partial charge in [-0.05, 0) is 103 Å². The van der Waals surface area contributed by atoms with Gasteiger partial charge in [-0.15, -0.1) is 0 Å². The van der Waals surface area contributed by atoms with E-state index in [-0.39, 0.29) is 10.8 Å². The van der Waals surface area contributed by atoms with Gasteiger partial charge in [0.1, 0.15) is 11.2 Å². The van der Waals surface area contributed by atoms with Crippen molar-refractivity contribution >= 4 is 49.8 Å². The molecule has 0 saturated heterocycles. The lowest BCUT2D eigenvalue weighted by atomic mass is 9.78. The highest BCUT2D eigenvalue weighted by molar-refractivity contribution is 6.20. The normalized spacial score (nSPS) is 14.0. The van der Waals surface area contributed by atoms with E-state index >= 15 is 0 Å². The molecule has 0 aliphatic heterocycles. The van der Waals surface area contributed by atoms with Gasteiger partial charge in [0, 0.05) is 43.7 Å². The molecule has 66 heavy (non-hydrogen) atoms. The van der Waals surface area contributed by atoms with Crippen molar-refractivity contribution in [1.82, 2.24) is 0 Å². The highest BCUT2D eigenvalue weighted by Crippen LogP contribution is 2.56. The van der Waals surface area contributed by atoms with Gasteiger partial charge < -0.3 is 9.32 Å². The van der Waals surface area contributed by atoms with Gasteiger partial charge in [-0.3, -0.25) is 0 Å². The summed E-state index contributed by atoms with van der Waals surface area (Å²) in [5, 5.41) is 4.52. The molecule has 13 rings (SSSR count). The number of benzene rings is 10. The van der Waals surface area contributed by atoms with E-state index in [2.05, 4.69) is 245 Å².